The zero-order valence-electron chi connectivity index (χ0n) is 12.7. The molecule has 0 aliphatic carbocycles. The maximum absolute atomic E-state index is 5.92. The predicted octanol–water partition coefficient (Wildman–Crippen LogP) is 4.80. The molecule has 1 aromatic carbocycles. The quantitative estimate of drug-likeness (QED) is 0.703. The maximum Gasteiger partial charge on any atom is 0.113 e. The van der Waals surface area contributed by atoms with Gasteiger partial charge in [0.15, 0.2) is 0 Å². The molecular formula is C17H21N3S. The molecule has 2 aromatic heterocycles. The average molecular weight is 299 g/mol. The first-order chi connectivity index (χ1) is 10.1. The van der Waals surface area contributed by atoms with Gasteiger partial charge < -0.3 is 10.3 Å². The number of anilines is 1. The van der Waals surface area contributed by atoms with Crippen LogP contribution in [0.25, 0.3) is 11.0 Å². The average Bonchev–Trinajstić information content (AvgIpc) is 3.08. The van der Waals surface area contributed by atoms with Gasteiger partial charge in [-0.05, 0) is 36.1 Å². The molecule has 0 saturated carbocycles. The predicted molar refractivity (Wildman–Crippen MR) is 91.0 cm³/mol. The number of rotatable bonds is 4. The first-order valence-corrected chi connectivity index (χ1v) is 8.30. The SMILES string of the molecule is CCC(c1cccs1)n1c(C(C)C)nc2cc(N)ccc21. The van der Waals surface area contributed by atoms with Crippen LogP contribution in [0.3, 0.4) is 0 Å². The second-order valence-electron chi connectivity index (χ2n) is 5.68. The molecule has 4 heteroatoms. The van der Waals surface area contributed by atoms with E-state index in [-0.39, 0.29) is 0 Å². The molecule has 1 unspecified atom stereocenters. The third-order valence-corrected chi connectivity index (χ3v) is 4.80. The van der Waals surface area contributed by atoms with Crippen molar-refractivity contribution in [1.29, 1.82) is 0 Å². The van der Waals surface area contributed by atoms with Crippen LogP contribution in [0.1, 0.15) is 49.9 Å². The molecule has 0 fully saturated rings. The zero-order chi connectivity index (χ0) is 15.0. The molecule has 0 saturated heterocycles. The lowest BCUT2D eigenvalue weighted by Crippen LogP contribution is -2.13. The van der Waals surface area contributed by atoms with Gasteiger partial charge >= 0.3 is 0 Å². The van der Waals surface area contributed by atoms with Crippen LogP contribution in [-0.4, -0.2) is 9.55 Å². The molecule has 0 aliphatic rings. The minimum absolute atomic E-state index is 0.344. The van der Waals surface area contributed by atoms with Crippen LogP contribution >= 0.6 is 11.3 Å². The van der Waals surface area contributed by atoms with Crippen LogP contribution in [0.5, 0.6) is 0 Å². The topological polar surface area (TPSA) is 43.8 Å². The molecule has 0 amide bonds. The Bertz CT molecular complexity index is 741. The summed E-state index contributed by atoms with van der Waals surface area (Å²) in [6.45, 7) is 6.63. The Morgan fingerprint density at radius 2 is 2.10 bits per heavy atom. The molecule has 3 aromatic rings. The smallest absolute Gasteiger partial charge is 0.113 e. The Balaban J connectivity index is 2.26. The summed E-state index contributed by atoms with van der Waals surface area (Å²) in [4.78, 5) is 6.22. The Morgan fingerprint density at radius 1 is 1.29 bits per heavy atom. The van der Waals surface area contributed by atoms with E-state index in [0.29, 0.717) is 12.0 Å². The van der Waals surface area contributed by atoms with Crippen molar-refractivity contribution in [2.24, 2.45) is 0 Å². The molecule has 21 heavy (non-hydrogen) atoms. The molecule has 110 valence electrons. The molecule has 2 heterocycles. The molecule has 0 aliphatic heterocycles. The zero-order valence-corrected chi connectivity index (χ0v) is 13.5. The number of aromatic nitrogens is 2. The van der Waals surface area contributed by atoms with Gasteiger partial charge in [0.1, 0.15) is 5.82 Å². The van der Waals surface area contributed by atoms with Gasteiger partial charge in [0.25, 0.3) is 0 Å². The third kappa shape index (κ3) is 2.44. The van der Waals surface area contributed by atoms with Crippen molar-refractivity contribution in [3.8, 4) is 0 Å². The second-order valence-corrected chi connectivity index (χ2v) is 6.66. The third-order valence-electron chi connectivity index (χ3n) is 3.83. The fraction of sp³-hybridized carbons (Fsp3) is 0.353. The second kappa shape index (κ2) is 5.53. The van der Waals surface area contributed by atoms with Crippen LogP contribution in [-0.2, 0) is 0 Å². The summed E-state index contributed by atoms with van der Waals surface area (Å²) in [6, 6.07) is 10.7. The van der Waals surface area contributed by atoms with E-state index in [1.54, 1.807) is 0 Å². The van der Waals surface area contributed by atoms with Crippen LogP contribution in [0.2, 0.25) is 0 Å². The number of nitrogens with zero attached hydrogens (tertiary/aromatic N) is 2. The molecule has 1 atom stereocenters. The van der Waals surface area contributed by atoms with Gasteiger partial charge in [0.2, 0.25) is 0 Å². The first kappa shape index (κ1) is 14.1. The van der Waals surface area contributed by atoms with Crippen molar-refractivity contribution in [1.82, 2.24) is 9.55 Å². The molecule has 3 rings (SSSR count). The number of nitrogens with two attached hydrogens (primary N) is 1. The number of nitrogen functional groups attached to an aromatic ring is 1. The lowest BCUT2D eigenvalue weighted by Gasteiger charge is -2.21. The van der Waals surface area contributed by atoms with Gasteiger partial charge in [0.05, 0.1) is 17.1 Å². The van der Waals surface area contributed by atoms with Crippen molar-refractivity contribution in [3.63, 3.8) is 0 Å². The van der Waals surface area contributed by atoms with E-state index in [4.69, 9.17) is 10.7 Å². The summed E-state index contributed by atoms with van der Waals surface area (Å²) in [7, 11) is 0. The summed E-state index contributed by atoms with van der Waals surface area (Å²) >= 11 is 1.81. The minimum atomic E-state index is 0.344. The van der Waals surface area contributed by atoms with E-state index in [1.807, 2.05) is 23.5 Å². The van der Waals surface area contributed by atoms with E-state index in [9.17, 15) is 0 Å². The van der Waals surface area contributed by atoms with Gasteiger partial charge in [-0.25, -0.2) is 4.98 Å². The normalized spacial score (nSPS) is 13.1. The van der Waals surface area contributed by atoms with Gasteiger partial charge in [-0.15, -0.1) is 11.3 Å². The molecule has 2 N–H and O–H groups in total. The van der Waals surface area contributed by atoms with E-state index < -0.39 is 0 Å². The van der Waals surface area contributed by atoms with Crippen molar-refractivity contribution in [2.75, 3.05) is 5.73 Å². The Hall–Kier alpha value is -1.81. The fourth-order valence-corrected chi connectivity index (χ4v) is 3.76. The monoisotopic (exact) mass is 299 g/mol. The fourth-order valence-electron chi connectivity index (χ4n) is 2.86. The van der Waals surface area contributed by atoms with Crippen molar-refractivity contribution < 1.29 is 0 Å². The largest absolute Gasteiger partial charge is 0.399 e. The lowest BCUT2D eigenvalue weighted by atomic mass is 10.1. The van der Waals surface area contributed by atoms with Crippen molar-refractivity contribution >= 4 is 28.1 Å². The molecule has 0 bridgehead atoms. The van der Waals surface area contributed by atoms with Crippen molar-refractivity contribution in [2.45, 2.75) is 39.2 Å². The van der Waals surface area contributed by atoms with E-state index in [2.05, 4.69) is 48.9 Å². The number of imidazole rings is 1. The van der Waals surface area contributed by atoms with Crippen LogP contribution in [0.4, 0.5) is 5.69 Å². The minimum Gasteiger partial charge on any atom is -0.399 e. The summed E-state index contributed by atoms with van der Waals surface area (Å²) < 4.78 is 2.39. The Kier molecular flexibility index (Phi) is 3.72. The number of fused-ring (bicyclic) bond motifs is 1. The number of hydrogen-bond donors (Lipinski definition) is 1. The standard InChI is InChI=1S/C17H21N3S/c1-4-14(16-6-5-9-21-16)20-15-8-7-12(18)10-13(15)19-17(20)11(2)3/h5-11,14H,4,18H2,1-3H3. The summed E-state index contributed by atoms with van der Waals surface area (Å²) in [6.07, 6.45) is 1.05. The number of thiophene rings is 1. The number of benzene rings is 1. The molecule has 3 nitrogen and oxygen atoms in total. The highest BCUT2D eigenvalue weighted by Gasteiger charge is 2.21. The van der Waals surface area contributed by atoms with Gasteiger partial charge in [0, 0.05) is 16.5 Å². The Labute approximate surface area is 129 Å². The van der Waals surface area contributed by atoms with Gasteiger partial charge in [-0.1, -0.05) is 26.8 Å². The van der Waals surface area contributed by atoms with Crippen molar-refractivity contribution in [3.05, 3.63) is 46.4 Å². The van der Waals surface area contributed by atoms with E-state index in [1.165, 1.54) is 10.4 Å². The van der Waals surface area contributed by atoms with Crippen LogP contribution in [0, 0.1) is 0 Å². The van der Waals surface area contributed by atoms with Crippen LogP contribution < -0.4 is 5.73 Å². The highest BCUT2D eigenvalue weighted by molar-refractivity contribution is 7.10. The van der Waals surface area contributed by atoms with E-state index >= 15 is 0 Å². The summed E-state index contributed by atoms with van der Waals surface area (Å²) in [5, 5.41) is 2.14. The molecule has 0 spiro atoms. The molecule has 0 radical (unpaired) electrons. The summed E-state index contributed by atoms with van der Waals surface area (Å²) in [5.74, 6) is 1.52. The first-order valence-electron chi connectivity index (χ1n) is 7.42. The highest BCUT2D eigenvalue weighted by Crippen LogP contribution is 2.34. The highest BCUT2D eigenvalue weighted by atomic mass is 32.1. The lowest BCUT2D eigenvalue weighted by molar-refractivity contribution is 0.547. The summed E-state index contributed by atoms with van der Waals surface area (Å²) in [5.41, 5.74) is 8.85. The molecular weight excluding hydrogens is 278 g/mol. The van der Waals surface area contributed by atoms with Crippen LogP contribution in [0.15, 0.2) is 35.7 Å². The van der Waals surface area contributed by atoms with E-state index in [0.717, 1.165) is 23.4 Å². The van der Waals surface area contributed by atoms with Gasteiger partial charge in [-0.2, -0.15) is 0 Å². The number of hydrogen-bond acceptors (Lipinski definition) is 3. The van der Waals surface area contributed by atoms with Gasteiger partial charge in [-0.3, -0.25) is 0 Å². The maximum atomic E-state index is 5.92. The Morgan fingerprint density at radius 3 is 2.71 bits per heavy atom.